The number of rotatable bonds is 6. The molecule has 2 aromatic rings. The summed E-state index contributed by atoms with van der Waals surface area (Å²) in [6, 6.07) is 9.45. The summed E-state index contributed by atoms with van der Waals surface area (Å²) in [6.07, 6.45) is 0.706. The minimum atomic E-state index is -0.0911. The number of ether oxygens (including phenoxy) is 1. The topological polar surface area (TPSA) is 49.8 Å². The second-order valence-electron chi connectivity index (χ2n) is 6.67. The first-order chi connectivity index (χ1) is 12.2. The summed E-state index contributed by atoms with van der Waals surface area (Å²) in [6.45, 7) is 4.12. The molecule has 1 amide bonds. The Labute approximate surface area is 171 Å². The molecule has 26 heavy (non-hydrogen) atoms. The highest BCUT2D eigenvalue weighted by Gasteiger charge is 2.13. The van der Waals surface area contributed by atoms with Gasteiger partial charge in [0.15, 0.2) is 6.61 Å². The van der Waals surface area contributed by atoms with Crippen LogP contribution in [-0.4, -0.2) is 36.6 Å². The van der Waals surface area contributed by atoms with Gasteiger partial charge >= 0.3 is 0 Å². The third-order valence-corrected chi connectivity index (χ3v) is 5.49. The molecule has 0 radical (unpaired) electrons. The third-order valence-electron chi connectivity index (χ3n) is 4.07. The average molecular weight is 485 g/mol. The number of phenols is 1. The van der Waals surface area contributed by atoms with Gasteiger partial charge in [-0.15, -0.1) is 0 Å². The molecule has 0 atom stereocenters. The van der Waals surface area contributed by atoms with Gasteiger partial charge in [-0.25, -0.2) is 0 Å². The van der Waals surface area contributed by atoms with Crippen LogP contribution in [0.3, 0.4) is 0 Å². The lowest BCUT2D eigenvalue weighted by Gasteiger charge is -2.15. The van der Waals surface area contributed by atoms with Gasteiger partial charge in [0.05, 0.1) is 0 Å². The average Bonchev–Trinajstić information content (AvgIpc) is 2.56. The number of phenolic OH excluding ortho intramolecular Hbond substituents is 1. The zero-order valence-corrected chi connectivity index (χ0v) is 18.5. The molecule has 0 aliphatic heterocycles. The summed E-state index contributed by atoms with van der Waals surface area (Å²) < 4.78 is 7.38. The Morgan fingerprint density at radius 2 is 1.77 bits per heavy atom. The highest BCUT2D eigenvalue weighted by atomic mass is 79.9. The third kappa shape index (κ3) is 5.24. The van der Waals surface area contributed by atoms with E-state index in [1.807, 2.05) is 24.3 Å². The standard InChI is InChI=1S/C20H23Br2NO3/c1-12(2)15-7-13(5-6-19(15)24)8-16-17(21)9-14(10-18(16)22)26-11-20(25)23(3)4/h5-7,9-10,12,24H,8,11H2,1-4H3. The van der Waals surface area contributed by atoms with Crippen molar-refractivity contribution in [1.82, 2.24) is 4.90 Å². The molecule has 0 spiro atoms. The Balaban J connectivity index is 2.21. The van der Waals surface area contributed by atoms with Gasteiger partial charge in [0.25, 0.3) is 5.91 Å². The summed E-state index contributed by atoms with van der Waals surface area (Å²) in [5.74, 6) is 1.12. The molecule has 0 saturated carbocycles. The summed E-state index contributed by atoms with van der Waals surface area (Å²) >= 11 is 7.20. The predicted molar refractivity (Wildman–Crippen MR) is 111 cm³/mol. The first kappa shape index (κ1) is 20.8. The zero-order valence-electron chi connectivity index (χ0n) is 15.3. The van der Waals surface area contributed by atoms with Crippen LogP contribution in [0.2, 0.25) is 0 Å². The van der Waals surface area contributed by atoms with E-state index in [1.165, 1.54) is 4.90 Å². The number of amides is 1. The van der Waals surface area contributed by atoms with Gasteiger partial charge in [0, 0.05) is 23.0 Å². The lowest BCUT2D eigenvalue weighted by atomic mass is 9.96. The van der Waals surface area contributed by atoms with Gasteiger partial charge in [-0.2, -0.15) is 0 Å². The van der Waals surface area contributed by atoms with Crippen molar-refractivity contribution in [1.29, 1.82) is 0 Å². The molecular weight excluding hydrogens is 462 g/mol. The molecule has 0 heterocycles. The number of aromatic hydroxyl groups is 1. The second-order valence-corrected chi connectivity index (χ2v) is 8.38. The van der Waals surface area contributed by atoms with Crippen molar-refractivity contribution >= 4 is 37.8 Å². The van der Waals surface area contributed by atoms with Crippen LogP contribution in [0.4, 0.5) is 0 Å². The van der Waals surface area contributed by atoms with Crippen molar-refractivity contribution in [2.24, 2.45) is 0 Å². The fraction of sp³-hybridized carbons (Fsp3) is 0.350. The van der Waals surface area contributed by atoms with Gasteiger partial charge in [-0.05, 0) is 47.2 Å². The largest absolute Gasteiger partial charge is 0.508 e. The Morgan fingerprint density at radius 1 is 1.15 bits per heavy atom. The smallest absolute Gasteiger partial charge is 0.259 e. The van der Waals surface area contributed by atoms with Crippen LogP contribution < -0.4 is 4.74 Å². The molecule has 0 aliphatic carbocycles. The number of carbonyl (C=O) groups excluding carboxylic acids is 1. The highest BCUT2D eigenvalue weighted by molar-refractivity contribution is 9.11. The fourth-order valence-electron chi connectivity index (χ4n) is 2.49. The number of hydrogen-bond donors (Lipinski definition) is 1. The van der Waals surface area contributed by atoms with E-state index in [-0.39, 0.29) is 18.4 Å². The van der Waals surface area contributed by atoms with E-state index >= 15 is 0 Å². The quantitative estimate of drug-likeness (QED) is 0.620. The molecule has 1 N–H and O–H groups in total. The highest BCUT2D eigenvalue weighted by Crippen LogP contribution is 2.34. The van der Waals surface area contributed by atoms with Crippen LogP contribution in [0.25, 0.3) is 0 Å². The Kier molecular flexibility index (Phi) is 7.12. The monoisotopic (exact) mass is 483 g/mol. The molecule has 2 rings (SSSR count). The van der Waals surface area contributed by atoms with Crippen LogP contribution in [0.1, 0.15) is 36.5 Å². The zero-order chi connectivity index (χ0) is 19.4. The molecule has 0 aliphatic rings. The lowest BCUT2D eigenvalue weighted by Crippen LogP contribution is -2.27. The molecule has 140 valence electrons. The van der Waals surface area contributed by atoms with Crippen molar-refractivity contribution in [3.05, 3.63) is 56.0 Å². The molecule has 0 saturated heterocycles. The first-order valence-corrected chi connectivity index (χ1v) is 9.90. The van der Waals surface area contributed by atoms with Crippen LogP contribution in [0, 0.1) is 0 Å². The van der Waals surface area contributed by atoms with E-state index in [1.54, 1.807) is 20.2 Å². The molecule has 0 bridgehead atoms. The number of likely N-dealkylation sites (N-methyl/N-ethyl adjacent to an activating group) is 1. The second kappa shape index (κ2) is 8.91. The minimum Gasteiger partial charge on any atom is -0.508 e. The van der Waals surface area contributed by atoms with E-state index in [9.17, 15) is 9.90 Å². The van der Waals surface area contributed by atoms with E-state index in [0.29, 0.717) is 17.9 Å². The Morgan fingerprint density at radius 3 is 2.31 bits per heavy atom. The van der Waals surface area contributed by atoms with Gasteiger partial charge < -0.3 is 14.7 Å². The molecule has 0 aromatic heterocycles. The number of nitrogens with zero attached hydrogens (tertiary/aromatic N) is 1. The van der Waals surface area contributed by atoms with Gasteiger partial charge in [-0.1, -0.05) is 57.8 Å². The SMILES string of the molecule is CC(C)c1cc(Cc2c(Br)cc(OCC(=O)N(C)C)cc2Br)ccc1O. The van der Waals surface area contributed by atoms with Gasteiger partial charge in [0.1, 0.15) is 11.5 Å². The van der Waals surface area contributed by atoms with Crippen LogP contribution in [0.5, 0.6) is 11.5 Å². The molecule has 0 fully saturated rings. The van der Waals surface area contributed by atoms with Crippen LogP contribution >= 0.6 is 31.9 Å². The minimum absolute atomic E-state index is 0.000930. The maximum Gasteiger partial charge on any atom is 0.259 e. The molecule has 0 unspecified atom stereocenters. The van der Waals surface area contributed by atoms with Crippen molar-refractivity contribution in [2.45, 2.75) is 26.2 Å². The summed E-state index contributed by atoms with van der Waals surface area (Å²) in [5.41, 5.74) is 3.14. The Hall–Kier alpha value is -1.53. The fourth-order valence-corrected chi connectivity index (χ4v) is 3.91. The Bertz CT molecular complexity index is 781. The maximum absolute atomic E-state index is 11.7. The number of halogens is 2. The van der Waals surface area contributed by atoms with Crippen molar-refractivity contribution < 1.29 is 14.6 Å². The van der Waals surface area contributed by atoms with E-state index in [4.69, 9.17) is 4.74 Å². The lowest BCUT2D eigenvalue weighted by molar-refractivity contribution is -0.130. The van der Waals surface area contributed by atoms with Crippen molar-refractivity contribution in [3.63, 3.8) is 0 Å². The number of hydrogen-bond acceptors (Lipinski definition) is 3. The summed E-state index contributed by atoms with van der Waals surface area (Å²) in [4.78, 5) is 13.2. The van der Waals surface area contributed by atoms with Crippen LogP contribution in [0.15, 0.2) is 39.3 Å². The number of benzene rings is 2. The van der Waals surface area contributed by atoms with E-state index < -0.39 is 0 Å². The maximum atomic E-state index is 11.7. The molecular formula is C20H23Br2NO3. The van der Waals surface area contributed by atoms with Gasteiger partial charge in [-0.3, -0.25) is 4.79 Å². The summed E-state index contributed by atoms with van der Waals surface area (Å²) in [5, 5.41) is 9.99. The number of carbonyl (C=O) groups is 1. The first-order valence-electron chi connectivity index (χ1n) is 8.31. The molecule has 4 nitrogen and oxygen atoms in total. The van der Waals surface area contributed by atoms with Gasteiger partial charge in [0.2, 0.25) is 0 Å². The van der Waals surface area contributed by atoms with Crippen LogP contribution in [-0.2, 0) is 11.2 Å². The van der Waals surface area contributed by atoms with Crippen molar-refractivity contribution in [3.8, 4) is 11.5 Å². The van der Waals surface area contributed by atoms with E-state index in [2.05, 4.69) is 45.7 Å². The van der Waals surface area contributed by atoms with E-state index in [0.717, 1.165) is 25.6 Å². The molecule has 6 heteroatoms. The van der Waals surface area contributed by atoms with Crippen molar-refractivity contribution in [2.75, 3.05) is 20.7 Å². The molecule has 2 aromatic carbocycles. The normalized spacial score (nSPS) is 10.9. The summed E-state index contributed by atoms with van der Waals surface area (Å²) in [7, 11) is 3.40. The predicted octanol–water partition coefficient (Wildman–Crippen LogP) is 5.10.